The van der Waals surface area contributed by atoms with Crippen LogP contribution in [-0.2, 0) is 0 Å². The van der Waals surface area contributed by atoms with Crippen molar-refractivity contribution in [1.29, 1.82) is 0 Å². The number of halogens is 1. The summed E-state index contributed by atoms with van der Waals surface area (Å²) in [7, 11) is 3.50. The van der Waals surface area contributed by atoms with Crippen molar-refractivity contribution in [2.45, 2.75) is 33.2 Å². The molecule has 0 aliphatic heterocycles. The second kappa shape index (κ2) is 6.80. The number of rotatable bonds is 5. The lowest BCUT2D eigenvalue weighted by Crippen LogP contribution is -2.28. The lowest BCUT2D eigenvalue weighted by atomic mass is 10.0. The number of benzene rings is 1. The van der Waals surface area contributed by atoms with Crippen molar-refractivity contribution in [3.8, 4) is 0 Å². The number of hydrogen-bond acceptors (Lipinski definition) is 2. The molecule has 3 nitrogen and oxygen atoms in total. The first kappa shape index (κ1) is 15.8. The molecule has 1 atom stereocenters. The van der Waals surface area contributed by atoms with Crippen LogP contribution in [0.15, 0.2) is 18.2 Å². The fourth-order valence-electron chi connectivity index (χ4n) is 2.00. The molecule has 1 amide bonds. The monoisotopic (exact) mass is 282 g/mol. The number of nitrogens with one attached hydrogen (secondary N) is 1. The highest BCUT2D eigenvalue weighted by molar-refractivity contribution is 6.31. The molecule has 0 aliphatic carbocycles. The van der Waals surface area contributed by atoms with E-state index in [0.29, 0.717) is 22.5 Å². The summed E-state index contributed by atoms with van der Waals surface area (Å²) >= 11 is 6.04. The Morgan fingerprint density at radius 1 is 1.37 bits per heavy atom. The standard InChI is InChI=1S/C15H23ClN2O/c1-6-13(10(2)3)17-14-9-11(16)7-8-12(14)15(19)18(4)5/h7-10,13,17H,6H2,1-5H3. The molecule has 0 spiro atoms. The maximum atomic E-state index is 12.2. The van der Waals surface area contributed by atoms with E-state index in [4.69, 9.17) is 11.6 Å². The van der Waals surface area contributed by atoms with Gasteiger partial charge in [0.15, 0.2) is 0 Å². The van der Waals surface area contributed by atoms with Crippen LogP contribution in [0.5, 0.6) is 0 Å². The topological polar surface area (TPSA) is 32.3 Å². The highest BCUT2D eigenvalue weighted by Gasteiger charge is 2.17. The molecular formula is C15H23ClN2O. The second-order valence-corrected chi connectivity index (χ2v) is 5.73. The van der Waals surface area contributed by atoms with Gasteiger partial charge in [-0.05, 0) is 30.5 Å². The van der Waals surface area contributed by atoms with Crippen LogP contribution >= 0.6 is 11.6 Å². The number of hydrogen-bond donors (Lipinski definition) is 1. The predicted octanol–water partition coefficient (Wildman–Crippen LogP) is 3.89. The van der Waals surface area contributed by atoms with Crippen LogP contribution < -0.4 is 5.32 Å². The zero-order valence-electron chi connectivity index (χ0n) is 12.3. The number of nitrogens with zero attached hydrogens (tertiary/aromatic N) is 1. The SMILES string of the molecule is CCC(Nc1cc(Cl)ccc1C(=O)N(C)C)C(C)C. The van der Waals surface area contributed by atoms with E-state index < -0.39 is 0 Å². The van der Waals surface area contributed by atoms with Gasteiger partial charge in [0.1, 0.15) is 0 Å². The average Bonchev–Trinajstić information content (AvgIpc) is 2.34. The third kappa shape index (κ3) is 4.13. The Kier molecular flexibility index (Phi) is 5.67. The van der Waals surface area contributed by atoms with Crippen molar-refractivity contribution in [2.24, 2.45) is 5.92 Å². The highest BCUT2D eigenvalue weighted by Crippen LogP contribution is 2.24. The molecule has 0 fully saturated rings. The van der Waals surface area contributed by atoms with Gasteiger partial charge >= 0.3 is 0 Å². The van der Waals surface area contributed by atoms with E-state index in [1.807, 2.05) is 6.07 Å². The fraction of sp³-hybridized carbons (Fsp3) is 0.533. The Morgan fingerprint density at radius 2 is 2.00 bits per heavy atom. The van der Waals surface area contributed by atoms with Crippen LogP contribution in [-0.4, -0.2) is 30.9 Å². The summed E-state index contributed by atoms with van der Waals surface area (Å²) in [6, 6.07) is 5.68. The summed E-state index contributed by atoms with van der Waals surface area (Å²) in [5, 5.41) is 4.08. The zero-order chi connectivity index (χ0) is 14.6. The quantitative estimate of drug-likeness (QED) is 0.889. The summed E-state index contributed by atoms with van der Waals surface area (Å²) in [6.45, 7) is 6.47. The van der Waals surface area contributed by atoms with Crippen LogP contribution in [0.4, 0.5) is 5.69 Å². The smallest absolute Gasteiger partial charge is 0.255 e. The first-order valence-electron chi connectivity index (χ1n) is 6.64. The van der Waals surface area contributed by atoms with Crippen LogP contribution in [0.25, 0.3) is 0 Å². The first-order valence-corrected chi connectivity index (χ1v) is 7.02. The predicted molar refractivity (Wildman–Crippen MR) is 82.0 cm³/mol. The molecule has 0 radical (unpaired) electrons. The summed E-state index contributed by atoms with van der Waals surface area (Å²) in [5.41, 5.74) is 1.47. The largest absolute Gasteiger partial charge is 0.381 e. The van der Waals surface area contributed by atoms with Gasteiger partial charge in [-0.3, -0.25) is 4.79 Å². The van der Waals surface area contributed by atoms with Gasteiger partial charge in [0.05, 0.1) is 5.56 Å². The summed E-state index contributed by atoms with van der Waals surface area (Å²) in [5.74, 6) is 0.476. The van der Waals surface area contributed by atoms with E-state index >= 15 is 0 Å². The number of carbonyl (C=O) groups excluding carboxylic acids is 1. The molecule has 0 saturated heterocycles. The number of carbonyl (C=O) groups is 1. The minimum Gasteiger partial charge on any atom is -0.381 e. The van der Waals surface area contributed by atoms with Gasteiger partial charge < -0.3 is 10.2 Å². The minimum absolute atomic E-state index is 0.0159. The lowest BCUT2D eigenvalue weighted by Gasteiger charge is -2.24. The molecule has 1 rings (SSSR count). The van der Waals surface area contributed by atoms with Crippen molar-refractivity contribution < 1.29 is 4.79 Å². The molecule has 1 aromatic carbocycles. The van der Waals surface area contributed by atoms with Gasteiger partial charge in [0, 0.05) is 30.8 Å². The van der Waals surface area contributed by atoms with Gasteiger partial charge in [-0.25, -0.2) is 0 Å². The summed E-state index contributed by atoms with van der Waals surface area (Å²) in [4.78, 5) is 13.7. The van der Waals surface area contributed by atoms with Crippen molar-refractivity contribution in [3.63, 3.8) is 0 Å². The Morgan fingerprint density at radius 3 is 2.47 bits per heavy atom. The minimum atomic E-state index is -0.0159. The second-order valence-electron chi connectivity index (χ2n) is 5.29. The highest BCUT2D eigenvalue weighted by atomic mass is 35.5. The molecule has 0 aromatic heterocycles. The number of amides is 1. The van der Waals surface area contributed by atoms with E-state index in [1.165, 1.54) is 0 Å². The lowest BCUT2D eigenvalue weighted by molar-refractivity contribution is 0.0828. The molecule has 1 aromatic rings. The molecule has 0 saturated carbocycles. The van der Waals surface area contributed by atoms with Gasteiger partial charge in [-0.1, -0.05) is 32.4 Å². The Bertz CT molecular complexity index is 444. The van der Waals surface area contributed by atoms with E-state index in [-0.39, 0.29) is 5.91 Å². The number of anilines is 1. The van der Waals surface area contributed by atoms with Crippen LogP contribution in [0, 0.1) is 5.92 Å². The van der Waals surface area contributed by atoms with Crippen LogP contribution in [0.2, 0.25) is 5.02 Å². The molecule has 1 unspecified atom stereocenters. The molecular weight excluding hydrogens is 260 g/mol. The summed E-state index contributed by atoms with van der Waals surface area (Å²) in [6.07, 6.45) is 1.000. The van der Waals surface area contributed by atoms with E-state index in [0.717, 1.165) is 12.1 Å². The fourth-order valence-corrected chi connectivity index (χ4v) is 2.18. The van der Waals surface area contributed by atoms with Crippen molar-refractivity contribution in [1.82, 2.24) is 4.90 Å². The molecule has 0 aliphatic rings. The van der Waals surface area contributed by atoms with Crippen molar-refractivity contribution in [3.05, 3.63) is 28.8 Å². The average molecular weight is 283 g/mol. The van der Waals surface area contributed by atoms with E-state index in [2.05, 4.69) is 26.1 Å². The van der Waals surface area contributed by atoms with Crippen LogP contribution in [0.1, 0.15) is 37.6 Å². The third-order valence-electron chi connectivity index (χ3n) is 3.20. The van der Waals surface area contributed by atoms with E-state index in [9.17, 15) is 4.79 Å². The van der Waals surface area contributed by atoms with Crippen molar-refractivity contribution >= 4 is 23.2 Å². The molecule has 0 heterocycles. The van der Waals surface area contributed by atoms with Gasteiger partial charge in [0.25, 0.3) is 5.91 Å². The van der Waals surface area contributed by atoms with Gasteiger partial charge in [-0.15, -0.1) is 0 Å². The Labute approximate surface area is 120 Å². The van der Waals surface area contributed by atoms with Crippen LogP contribution in [0.3, 0.4) is 0 Å². The molecule has 4 heteroatoms. The Hall–Kier alpha value is -1.22. The first-order chi connectivity index (χ1) is 8.86. The maximum absolute atomic E-state index is 12.2. The maximum Gasteiger partial charge on any atom is 0.255 e. The van der Waals surface area contributed by atoms with Gasteiger partial charge in [0.2, 0.25) is 0 Å². The van der Waals surface area contributed by atoms with Crippen molar-refractivity contribution in [2.75, 3.05) is 19.4 Å². The Balaban J connectivity index is 3.10. The molecule has 1 N–H and O–H groups in total. The summed E-state index contributed by atoms with van der Waals surface area (Å²) < 4.78 is 0. The van der Waals surface area contributed by atoms with E-state index in [1.54, 1.807) is 31.1 Å². The normalized spacial score (nSPS) is 12.4. The third-order valence-corrected chi connectivity index (χ3v) is 3.44. The molecule has 106 valence electrons. The molecule has 0 bridgehead atoms. The zero-order valence-corrected chi connectivity index (χ0v) is 13.1. The molecule has 19 heavy (non-hydrogen) atoms. The van der Waals surface area contributed by atoms with Gasteiger partial charge in [-0.2, -0.15) is 0 Å².